The minimum Gasteiger partial charge on any atom is -0.301 e. The highest BCUT2D eigenvalue weighted by Gasteiger charge is 2.16. The van der Waals surface area contributed by atoms with E-state index in [-0.39, 0.29) is 0 Å². The van der Waals surface area contributed by atoms with Crippen molar-refractivity contribution in [3.05, 3.63) is 33.7 Å². The molecule has 2 nitrogen and oxygen atoms in total. The van der Waals surface area contributed by atoms with Gasteiger partial charge < -0.3 is 4.40 Å². The van der Waals surface area contributed by atoms with Crippen LogP contribution in [-0.2, 0) is 12.8 Å². The van der Waals surface area contributed by atoms with Crippen molar-refractivity contribution in [1.82, 2.24) is 9.38 Å². The van der Waals surface area contributed by atoms with Gasteiger partial charge in [-0.15, -0.1) is 0 Å². The summed E-state index contributed by atoms with van der Waals surface area (Å²) in [6.07, 6.45) is 9.13. The molecule has 0 unspecified atom stereocenters. The topological polar surface area (TPSA) is 17.3 Å². The molecule has 2 aromatic heterocycles. The van der Waals surface area contributed by atoms with Gasteiger partial charge >= 0.3 is 0 Å². The molecule has 3 rings (SSSR count). The molecule has 1 aliphatic rings. The minimum absolute atomic E-state index is 0.643. The van der Waals surface area contributed by atoms with E-state index < -0.39 is 0 Å². The summed E-state index contributed by atoms with van der Waals surface area (Å²) in [6, 6.07) is 1.76. The molecular weight excluding hydrogens is 255 g/mol. The molecule has 0 spiro atoms. The predicted octanol–water partition coefficient (Wildman–Crippen LogP) is 4.30. The van der Waals surface area contributed by atoms with Crippen LogP contribution in [0.2, 0.25) is 10.0 Å². The van der Waals surface area contributed by atoms with E-state index in [4.69, 9.17) is 23.2 Å². The first kappa shape index (κ1) is 11.4. The Bertz CT molecular complexity index is 560. The van der Waals surface area contributed by atoms with E-state index >= 15 is 0 Å². The van der Waals surface area contributed by atoms with Crippen LogP contribution in [0.25, 0.3) is 5.65 Å². The molecule has 17 heavy (non-hydrogen) atoms. The van der Waals surface area contributed by atoms with E-state index in [2.05, 4.69) is 9.38 Å². The van der Waals surface area contributed by atoms with E-state index in [9.17, 15) is 0 Å². The summed E-state index contributed by atoms with van der Waals surface area (Å²) in [6.45, 7) is 0. The zero-order chi connectivity index (χ0) is 11.8. The van der Waals surface area contributed by atoms with Crippen molar-refractivity contribution in [3.8, 4) is 0 Å². The second-order valence-corrected chi connectivity index (χ2v) is 5.46. The van der Waals surface area contributed by atoms with Crippen molar-refractivity contribution in [3.63, 3.8) is 0 Å². The molecule has 0 saturated carbocycles. The average Bonchev–Trinajstić information content (AvgIpc) is 2.56. The van der Waals surface area contributed by atoms with Crippen molar-refractivity contribution in [2.75, 3.05) is 0 Å². The van der Waals surface area contributed by atoms with Crippen molar-refractivity contribution in [1.29, 1.82) is 0 Å². The molecule has 0 aliphatic heterocycles. The fourth-order valence-electron chi connectivity index (χ4n) is 2.57. The second-order valence-electron chi connectivity index (χ2n) is 4.62. The number of nitrogens with zero attached hydrogens (tertiary/aromatic N) is 2. The Morgan fingerprint density at radius 1 is 1.06 bits per heavy atom. The summed E-state index contributed by atoms with van der Waals surface area (Å²) in [5, 5.41) is 1.31. The quantitative estimate of drug-likeness (QED) is 0.697. The molecule has 0 amide bonds. The standard InChI is InChI=1S/C13H14Cl2N2/c14-9-7-10(15)13-16-11-5-3-1-2-4-6-12(11)17(13)8-9/h7-8H,1-6H2. The number of aryl methyl sites for hydroxylation is 2. The third-order valence-corrected chi connectivity index (χ3v) is 3.89. The van der Waals surface area contributed by atoms with Crippen LogP contribution in [0.1, 0.15) is 37.1 Å². The molecule has 0 bridgehead atoms. The lowest BCUT2D eigenvalue weighted by Crippen LogP contribution is -2.01. The average molecular weight is 269 g/mol. The Labute approximate surface area is 111 Å². The Morgan fingerprint density at radius 3 is 2.65 bits per heavy atom. The maximum absolute atomic E-state index is 6.20. The normalized spacial score (nSPS) is 16.6. The fourth-order valence-corrected chi connectivity index (χ4v) is 3.08. The Hall–Kier alpha value is -0.730. The number of halogens is 2. The zero-order valence-corrected chi connectivity index (χ0v) is 11.1. The van der Waals surface area contributed by atoms with Gasteiger partial charge in [-0.1, -0.05) is 36.0 Å². The lowest BCUT2D eigenvalue weighted by Gasteiger charge is -2.09. The number of fused-ring (bicyclic) bond motifs is 3. The highest BCUT2D eigenvalue weighted by atomic mass is 35.5. The van der Waals surface area contributed by atoms with Crippen LogP contribution in [0.3, 0.4) is 0 Å². The Kier molecular flexibility index (Phi) is 3.01. The predicted molar refractivity (Wildman–Crippen MR) is 71.1 cm³/mol. The van der Waals surface area contributed by atoms with Gasteiger partial charge in [0.2, 0.25) is 0 Å². The maximum atomic E-state index is 6.20. The first-order valence-corrected chi connectivity index (χ1v) is 6.86. The lowest BCUT2D eigenvalue weighted by molar-refractivity contribution is 0.605. The summed E-state index contributed by atoms with van der Waals surface area (Å²) in [7, 11) is 0. The number of rotatable bonds is 0. The van der Waals surface area contributed by atoms with Crippen LogP contribution >= 0.6 is 23.2 Å². The number of hydrogen-bond acceptors (Lipinski definition) is 1. The van der Waals surface area contributed by atoms with Crippen molar-refractivity contribution in [2.45, 2.75) is 38.5 Å². The molecule has 0 atom stereocenters. The number of hydrogen-bond donors (Lipinski definition) is 0. The number of imidazole rings is 1. The van der Waals surface area contributed by atoms with Crippen molar-refractivity contribution < 1.29 is 0 Å². The van der Waals surface area contributed by atoms with Gasteiger partial charge in [0.1, 0.15) is 0 Å². The first-order chi connectivity index (χ1) is 8.25. The van der Waals surface area contributed by atoms with Gasteiger partial charge in [0.15, 0.2) is 5.65 Å². The smallest absolute Gasteiger partial charge is 0.156 e. The molecule has 0 N–H and O–H groups in total. The van der Waals surface area contributed by atoms with E-state index in [0.717, 1.165) is 18.5 Å². The highest BCUT2D eigenvalue weighted by Crippen LogP contribution is 2.27. The first-order valence-electron chi connectivity index (χ1n) is 6.10. The van der Waals surface area contributed by atoms with Gasteiger partial charge in [0.25, 0.3) is 0 Å². The molecular formula is C13H14Cl2N2. The van der Waals surface area contributed by atoms with Crippen LogP contribution in [0.4, 0.5) is 0 Å². The molecule has 90 valence electrons. The third-order valence-electron chi connectivity index (χ3n) is 3.40. The van der Waals surface area contributed by atoms with Crippen LogP contribution in [0.15, 0.2) is 12.3 Å². The van der Waals surface area contributed by atoms with Crippen LogP contribution < -0.4 is 0 Å². The van der Waals surface area contributed by atoms with Gasteiger partial charge in [-0.05, 0) is 31.7 Å². The summed E-state index contributed by atoms with van der Waals surface area (Å²) in [4.78, 5) is 4.67. The zero-order valence-electron chi connectivity index (χ0n) is 9.55. The highest BCUT2D eigenvalue weighted by molar-refractivity contribution is 6.36. The molecule has 0 aromatic carbocycles. The van der Waals surface area contributed by atoms with Gasteiger partial charge in [-0.2, -0.15) is 0 Å². The van der Waals surface area contributed by atoms with Crippen LogP contribution in [0.5, 0.6) is 0 Å². The van der Waals surface area contributed by atoms with Crippen LogP contribution in [-0.4, -0.2) is 9.38 Å². The lowest BCUT2D eigenvalue weighted by atomic mass is 10.0. The van der Waals surface area contributed by atoms with E-state index in [0.29, 0.717) is 10.0 Å². The molecule has 2 aromatic rings. The van der Waals surface area contributed by atoms with Crippen molar-refractivity contribution in [2.24, 2.45) is 0 Å². The molecule has 1 aliphatic carbocycles. The third kappa shape index (κ3) is 2.04. The van der Waals surface area contributed by atoms with E-state index in [1.807, 2.05) is 6.20 Å². The van der Waals surface area contributed by atoms with Gasteiger partial charge in [-0.3, -0.25) is 0 Å². The molecule has 0 saturated heterocycles. The molecule has 2 heterocycles. The molecule has 0 radical (unpaired) electrons. The minimum atomic E-state index is 0.643. The SMILES string of the molecule is Clc1cc(Cl)c2nc3c(n2c1)CCCCCC3. The van der Waals surface area contributed by atoms with Crippen molar-refractivity contribution >= 4 is 28.8 Å². The number of aromatic nitrogens is 2. The summed E-state index contributed by atoms with van der Waals surface area (Å²) >= 11 is 12.3. The monoisotopic (exact) mass is 268 g/mol. The summed E-state index contributed by atoms with van der Waals surface area (Å²) in [5.41, 5.74) is 3.35. The molecule has 0 fully saturated rings. The van der Waals surface area contributed by atoms with Crippen LogP contribution in [0, 0.1) is 0 Å². The van der Waals surface area contributed by atoms with E-state index in [1.54, 1.807) is 6.07 Å². The van der Waals surface area contributed by atoms with Gasteiger partial charge in [0.05, 0.1) is 15.7 Å². The maximum Gasteiger partial charge on any atom is 0.156 e. The second kappa shape index (κ2) is 4.51. The Morgan fingerprint density at radius 2 is 1.82 bits per heavy atom. The van der Waals surface area contributed by atoms with Gasteiger partial charge in [-0.25, -0.2) is 4.98 Å². The fraction of sp³-hybridized carbons (Fsp3) is 0.462. The molecule has 4 heteroatoms. The Balaban J connectivity index is 2.22. The number of pyridine rings is 1. The van der Waals surface area contributed by atoms with E-state index in [1.165, 1.54) is 37.1 Å². The summed E-state index contributed by atoms with van der Waals surface area (Å²) in [5.74, 6) is 0. The summed E-state index contributed by atoms with van der Waals surface area (Å²) < 4.78 is 2.07. The largest absolute Gasteiger partial charge is 0.301 e. The van der Waals surface area contributed by atoms with Gasteiger partial charge in [0, 0.05) is 11.9 Å².